The van der Waals surface area contributed by atoms with Crippen LogP contribution in [0.5, 0.6) is 0 Å². The van der Waals surface area contributed by atoms with E-state index in [0.29, 0.717) is 13.0 Å². The number of amides is 2. The fourth-order valence-electron chi connectivity index (χ4n) is 2.86. The minimum atomic E-state index is -0.758. The van der Waals surface area contributed by atoms with Gasteiger partial charge in [0.2, 0.25) is 5.91 Å². The van der Waals surface area contributed by atoms with Crippen molar-refractivity contribution in [3.8, 4) is 0 Å². The Morgan fingerprint density at radius 1 is 1.27 bits per heavy atom. The summed E-state index contributed by atoms with van der Waals surface area (Å²) in [6, 6.07) is 8.49. The molecule has 0 bridgehead atoms. The van der Waals surface area contributed by atoms with Crippen molar-refractivity contribution in [2.45, 2.75) is 12.5 Å². The van der Waals surface area contributed by atoms with E-state index in [4.69, 9.17) is 0 Å². The number of nitrogens with one attached hydrogen (secondary N) is 1. The van der Waals surface area contributed by atoms with Gasteiger partial charge in [-0.15, -0.1) is 0 Å². The van der Waals surface area contributed by atoms with Gasteiger partial charge in [0, 0.05) is 18.1 Å². The third-order valence-electron chi connectivity index (χ3n) is 4.22. The van der Waals surface area contributed by atoms with Gasteiger partial charge in [0.05, 0.1) is 7.11 Å². The zero-order valence-electron chi connectivity index (χ0n) is 14.3. The number of hydrogen-bond donors (Lipinski definition) is 1. The van der Waals surface area contributed by atoms with E-state index in [1.165, 1.54) is 12.0 Å². The second-order valence-corrected chi connectivity index (χ2v) is 5.91. The lowest BCUT2D eigenvalue weighted by molar-refractivity contribution is -0.147. The first-order chi connectivity index (χ1) is 12.6. The first kappa shape index (κ1) is 17.6. The number of methoxy groups -OCH3 is 1. The summed E-state index contributed by atoms with van der Waals surface area (Å²) in [5.74, 6) is -1.25. The number of ether oxygens (including phenoxy) is 1. The summed E-state index contributed by atoms with van der Waals surface area (Å²) >= 11 is 0. The Bertz CT molecular complexity index is 873. The lowest BCUT2D eigenvalue weighted by atomic mass is 10.1. The van der Waals surface area contributed by atoms with E-state index in [-0.39, 0.29) is 18.1 Å². The van der Waals surface area contributed by atoms with Crippen molar-refractivity contribution in [1.82, 2.24) is 15.2 Å². The molecular formula is C19H19N3O4. The summed E-state index contributed by atoms with van der Waals surface area (Å²) in [5.41, 5.74) is 0.267. The summed E-state index contributed by atoms with van der Waals surface area (Å²) in [5, 5.41) is 4.36. The molecule has 2 amide bonds. The van der Waals surface area contributed by atoms with E-state index in [9.17, 15) is 14.4 Å². The molecule has 1 aliphatic rings. The van der Waals surface area contributed by atoms with E-state index in [1.54, 1.807) is 12.3 Å². The van der Waals surface area contributed by atoms with Gasteiger partial charge in [0.25, 0.3) is 5.91 Å². The van der Waals surface area contributed by atoms with E-state index in [0.717, 1.165) is 10.8 Å². The number of esters is 1. The number of nitrogens with zero attached hydrogens (tertiary/aromatic N) is 2. The molecule has 0 saturated heterocycles. The molecule has 0 saturated carbocycles. The lowest BCUT2D eigenvalue weighted by Gasteiger charge is -2.23. The number of aromatic nitrogens is 1. The number of rotatable bonds is 4. The maximum Gasteiger partial charge on any atom is 0.325 e. The van der Waals surface area contributed by atoms with Crippen molar-refractivity contribution in [1.29, 1.82) is 0 Å². The molecule has 7 nitrogen and oxygen atoms in total. The van der Waals surface area contributed by atoms with Crippen molar-refractivity contribution >= 4 is 28.6 Å². The Balaban J connectivity index is 1.80. The maximum atomic E-state index is 12.7. The van der Waals surface area contributed by atoms with Crippen molar-refractivity contribution in [3.63, 3.8) is 0 Å². The van der Waals surface area contributed by atoms with Crippen LogP contribution in [0.1, 0.15) is 16.9 Å². The van der Waals surface area contributed by atoms with Crippen LogP contribution in [-0.4, -0.2) is 53.9 Å². The van der Waals surface area contributed by atoms with Gasteiger partial charge in [-0.1, -0.05) is 36.4 Å². The number of benzene rings is 1. The first-order valence-electron chi connectivity index (χ1n) is 8.25. The highest BCUT2D eigenvalue weighted by Gasteiger charge is 2.28. The van der Waals surface area contributed by atoms with Crippen LogP contribution in [0.15, 0.2) is 48.7 Å². The van der Waals surface area contributed by atoms with Crippen LogP contribution < -0.4 is 5.32 Å². The Labute approximate surface area is 150 Å². The van der Waals surface area contributed by atoms with E-state index in [1.807, 2.05) is 36.4 Å². The van der Waals surface area contributed by atoms with Gasteiger partial charge in [0.1, 0.15) is 18.3 Å². The number of hydrogen-bond acceptors (Lipinski definition) is 5. The average molecular weight is 353 g/mol. The molecule has 1 N–H and O–H groups in total. The second-order valence-electron chi connectivity index (χ2n) is 5.91. The molecule has 0 aliphatic carbocycles. The molecule has 2 aromatic rings. The molecule has 1 aromatic heterocycles. The maximum absolute atomic E-state index is 12.7. The molecular weight excluding hydrogens is 334 g/mol. The lowest BCUT2D eigenvalue weighted by Crippen LogP contribution is -2.49. The molecule has 1 aliphatic heterocycles. The molecule has 26 heavy (non-hydrogen) atoms. The summed E-state index contributed by atoms with van der Waals surface area (Å²) in [4.78, 5) is 42.4. The van der Waals surface area contributed by atoms with E-state index in [2.05, 4.69) is 15.0 Å². The molecule has 7 heteroatoms. The predicted molar refractivity (Wildman–Crippen MR) is 95.4 cm³/mol. The second kappa shape index (κ2) is 7.77. The normalized spacial score (nSPS) is 17.0. The van der Waals surface area contributed by atoms with Crippen molar-refractivity contribution in [2.24, 2.45) is 0 Å². The SMILES string of the molecule is COC(=O)CN1CC=CC[C@H](NC(=O)c2nccc3ccccc23)C1=O. The molecule has 0 spiro atoms. The number of pyridine rings is 1. The molecule has 134 valence electrons. The Morgan fingerprint density at radius 3 is 2.88 bits per heavy atom. The molecule has 1 aromatic carbocycles. The van der Waals surface area contributed by atoms with Crippen LogP contribution in [0.25, 0.3) is 10.8 Å². The minimum absolute atomic E-state index is 0.154. The summed E-state index contributed by atoms with van der Waals surface area (Å²) in [6.45, 7) is 0.144. The van der Waals surface area contributed by atoms with Gasteiger partial charge in [-0.2, -0.15) is 0 Å². The predicted octanol–water partition coefficient (Wildman–Crippen LogP) is 1.29. The zero-order valence-corrected chi connectivity index (χ0v) is 14.3. The summed E-state index contributed by atoms with van der Waals surface area (Å²) in [6.07, 6.45) is 5.53. The van der Waals surface area contributed by atoms with Gasteiger partial charge in [-0.25, -0.2) is 0 Å². The highest BCUT2D eigenvalue weighted by atomic mass is 16.5. The number of carbonyl (C=O) groups is 3. The number of fused-ring (bicyclic) bond motifs is 1. The van der Waals surface area contributed by atoms with Crippen molar-refractivity contribution in [2.75, 3.05) is 20.2 Å². The van der Waals surface area contributed by atoms with Crippen LogP contribution >= 0.6 is 0 Å². The smallest absolute Gasteiger partial charge is 0.325 e. The molecule has 0 fully saturated rings. The molecule has 2 heterocycles. The third kappa shape index (κ3) is 3.72. The quantitative estimate of drug-likeness (QED) is 0.661. The summed E-state index contributed by atoms with van der Waals surface area (Å²) in [7, 11) is 1.27. The van der Waals surface area contributed by atoms with Gasteiger partial charge in [0.15, 0.2) is 0 Å². The third-order valence-corrected chi connectivity index (χ3v) is 4.22. The molecule has 1 atom stereocenters. The molecule has 3 rings (SSSR count). The van der Waals surface area contributed by atoms with E-state index >= 15 is 0 Å². The molecule has 0 radical (unpaired) electrons. The highest BCUT2D eigenvalue weighted by Crippen LogP contribution is 2.17. The van der Waals surface area contributed by atoms with Crippen LogP contribution in [0.3, 0.4) is 0 Å². The van der Waals surface area contributed by atoms with Gasteiger partial charge >= 0.3 is 5.97 Å². The fraction of sp³-hybridized carbons (Fsp3) is 0.263. The summed E-state index contributed by atoms with van der Waals surface area (Å²) < 4.78 is 4.62. The Hall–Kier alpha value is -3.22. The van der Waals surface area contributed by atoms with Crippen molar-refractivity contribution < 1.29 is 19.1 Å². The number of carbonyl (C=O) groups excluding carboxylic acids is 3. The van der Waals surface area contributed by atoms with Crippen LogP contribution in [0.4, 0.5) is 0 Å². The van der Waals surface area contributed by atoms with Crippen molar-refractivity contribution in [3.05, 3.63) is 54.4 Å². The largest absolute Gasteiger partial charge is 0.468 e. The average Bonchev–Trinajstić information content (AvgIpc) is 2.83. The Kier molecular flexibility index (Phi) is 5.26. The molecule has 0 unspecified atom stereocenters. The topological polar surface area (TPSA) is 88.6 Å². The van der Waals surface area contributed by atoms with E-state index < -0.39 is 17.9 Å². The minimum Gasteiger partial charge on any atom is -0.468 e. The van der Waals surface area contributed by atoms with Crippen LogP contribution in [0, 0.1) is 0 Å². The monoisotopic (exact) mass is 353 g/mol. The van der Waals surface area contributed by atoms with Gasteiger partial charge in [-0.05, 0) is 17.9 Å². The fourth-order valence-corrected chi connectivity index (χ4v) is 2.86. The van der Waals surface area contributed by atoms with Gasteiger partial charge < -0.3 is 15.0 Å². The standard InChI is InChI=1S/C19H19N3O4/c1-26-16(23)12-22-11-5-4-8-15(19(22)25)21-18(24)17-14-7-3-2-6-13(14)9-10-20-17/h2-7,9-10,15H,8,11-12H2,1H3,(H,21,24)/t15-/m0/s1. The zero-order chi connectivity index (χ0) is 18.5. The Morgan fingerprint density at radius 2 is 2.08 bits per heavy atom. The van der Waals surface area contributed by atoms with Crippen LogP contribution in [-0.2, 0) is 14.3 Å². The van der Waals surface area contributed by atoms with Gasteiger partial charge in [-0.3, -0.25) is 19.4 Å². The first-order valence-corrected chi connectivity index (χ1v) is 8.25. The van der Waals surface area contributed by atoms with Crippen LogP contribution in [0.2, 0.25) is 0 Å². The highest BCUT2D eigenvalue weighted by molar-refractivity contribution is 6.06.